The van der Waals surface area contributed by atoms with Crippen LogP contribution in [0.15, 0.2) is 0 Å². The SMILES string of the molecule is CN(CCN(C)C(=O)OC(C)(C)C)Cc1nn2c(c1C1CCC3(CC1)CC(C)(C)CO3)CCC2. The maximum absolute atomic E-state index is 12.3. The van der Waals surface area contributed by atoms with Crippen LogP contribution in [0.3, 0.4) is 0 Å². The molecule has 2 fully saturated rings. The number of rotatable bonds is 6. The number of amides is 1. The van der Waals surface area contributed by atoms with Crippen molar-refractivity contribution in [3.8, 4) is 0 Å². The van der Waals surface area contributed by atoms with E-state index in [1.165, 1.54) is 55.5 Å². The maximum Gasteiger partial charge on any atom is 0.410 e. The van der Waals surface area contributed by atoms with E-state index < -0.39 is 5.60 Å². The molecule has 0 bridgehead atoms. The Kier molecular flexibility index (Phi) is 7.09. The summed E-state index contributed by atoms with van der Waals surface area (Å²) in [5, 5.41) is 5.07. The van der Waals surface area contributed by atoms with Crippen molar-refractivity contribution in [2.24, 2.45) is 5.41 Å². The molecule has 192 valence electrons. The fraction of sp³-hybridized carbons (Fsp3) is 0.852. The van der Waals surface area contributed by atoms with Gasteiger partial charge >= 0.3 is 6.09 Å². The molecule has 1 amide bonds. The number of carbonyl (C=O) groups excluding carboxylic acids is 1. The van der Waals surface area contributed by atoms with Gasteiger partial charge in [0.2, 0.25) is 0 Å². The van der Waals surface area contributed by atoms with Gasteiger partial charge in [-0.05, 0) is 84.1 Å². The van der Waals surface area contributed by atoms with Crippen molar-refractivity contribution in [1.82, 2.24) is 19.6 Å². The van der Waals surface area contributed by atoms with Gasteiger partial charge in [0.25, 0.3) is 0 Å². The zero-order valence-corrected chi connectivity index (χ0v) is 22.6. The van der Waals surface area contributed by atoms with E-state index in [0.717, 1.165) is 32.7 Å². The molecule has 1 aromatic heterocycles. The Bertz CT molecular complexity index is 877. The van der Waals surface area contributed by atoms with Crippen molar-refractivity contribution in [1.29, 1.82) is 0 Å². The highest BCUT2D eigenvalue weighted by Gasteiger charge is 2.47. The molecule has 0 unspecified atom stereocenters. The molecule has 4 rings (SSSR count). The van der Waals surface area contributed by atoms with Gasteiger partial charge < -0.3 is 14.4 Å². The van der Waals surface area contributed by atoms with Crippen LogP contribution in [-0.4, -0.2) is 70.7 Å². The zero-order valence-electron chi connectivity index (χ0n) is 22.6. The van der Waals surface area contributed by atoms with E-state index in [0.29, 0.717) is 17.9 Å². The van der Waals surface area contributed by atoms with Crippen LogP contribution >= 0.6 is 0 Å². The second kappa shape index (κ2) is 9.45. The normalized spacial score (nSPS) is 26.3. The fourth-order valence-electron chi connectivity index (χ4n) is 6.16. The lowest BCUT2D eigenvalue weighted by Crippen LogP contribution is -2.38. The molecule has 1 saturated carbocycles. The van der Waals surface area contributed by atoms with E-state index in [2.05, 4.69) is 30.5 Å². The van der Waals surface area contributed by atoms with Crippen LogP contribution < -0.4 is 0 Å². The highest BCUT2D eigenvalue weighted by molar-refractivity contribution is 5.67. The number of ether oxygens (including phenoxy) is 2. The van der Waals surface area contributed by atoms with Crippen LogP contribution in [0.1, 0.15) is 96.0 Å². The molecule has 34 heavy (non-hydrogen) atoms. The van der Waals surface area contributed by atoms with Gasteiger partial charge in [-0.2, -0.15) is 5.10 Å². The van der Waals surface area contributed by atoms with E-state index >= 15 is 0 Å². The Labute approximate surface area is 206 Å². The molecule has 2 aliphatic heterocycles. The third kappa shape index (κ3) is 5.78. The summed E-state index contributed by atoms with van der Waals surface area (Å²) in [6.45, 7) is 14.6. The van der Waals surface area contributed by atoms with Crippen molar-refractivity contribution in [2.45, 2.75) is 110 Å². The Balaban J connectivity index is 1.38. The molecule has 0 aromatic carbocycles. The van der Waals surface area contributed by atoms with Crippen LogP contribution in [0.5, 0.6) is 0 Å². The summed E-state index contributed by atoms with van der Waals surface area (Å²) in [6, 6.07) is 0. The average molecular weight is 475 g/mol. The van der Waals surface area contributed by atoms with Gasteiger partial charge in [-0.3, -0.25) is 9.58 Å². The van der Waals surface area contributed by atoms with E-state index in [9.17, 15) is 4.79 Å². The topological polar surface area (TPSA) is 59.8 Å². The quantitative estimate of drug-likeness (QED) is 0.583. The van der Waals surface area contributed by atoms with Crippen molar-refractivity contribution >= 4 is 6.09 Å². The summed E-state index contributed by atoms with van der Waals surface area (Å²) in [5.41, 5.74) is 4.19. The lowest BCUT2D eigenvalue weighted by atomic mass is 9.71. The standard InChI is InChI=1S/C27H46N4O3/c1-25(2,3)34-24(32)30(7)16-15-29(6)17-21-23(22-9-8-14-31(22)28-21)20-10-12-27(13-11-20)18-26(4,5)19-33-27/h20H,8-19H2,1-7H3. The van der Waals surface area contributed by atoms with E-state index in [1.807, 2.05) is 27.8 Å². The van der Waals surface area contributed by atoms with Crippen molar-refractivity contribution in [2.75, 3.05) is 33.8 Å². The third-order valence-electron chi connectivity index (χ3n) is 7.78. The number of hydrogen-bond acceptors (Lipinski definition) is 5. The summed E-state index contributed by atoms with van der Waals surface area (Å²) >= 11 is 0. The summed E-state index contributed by atoms with van der Waals surface area (Å²) in [6.07, 6.45) is 8.03. The smallest absolute Gasteiger partial charge is 0.410 e. The monoisotopic (exact) mass is 474 g/mol. The Morgan fingerprint density at radius 2 is 1.91 bits per heavy atom. The minimum atomic E-state index is -0.471. The number of hydrogen-bond donors (Lipinski definition) is 0. The molecule has 1 aromatic rings. The molecular weight excluding hydrogens is 428 g/mol. The lowest BCUT2D eigenvalue weighted by Gasteiger charge is -2.37. The zero-order chi connectivity index (χ0) is 24.7. The van der Waals surface area contributed by atoms with Crippen molar-refractivity contribution in [3.05, 3.63) is 17.0 Å². The average Bonchev–Trinajstić information content (AvgIpc) is 3.39. The summed E-state index contributed by atoms with van der Waals surface area (Å²) in [5.74, 6) is 0.590. The first kappa shape index (κ1) is 25.5. The molecule has 1 spiro atoms. The van der Waals surface area contributed by atoms with E-state index in [4.69, 9.17) is 14.6 Å². The van der Waals surface area contributed by atoms with Crippen LogP contribution in [0, 0.1) is 5.41 Å². The number of aryl methyl sites for hydroxylation is 1. The number of aromatic nitrogens is 2. The Morgan fingerprint density at radius 3 is 2.53 bits per heavy atom. The van der Waals surface area contributed by atoms with Gasteiger partial charge in [-0.15, -0.1) is 0 Å². The molecule has 1 aliphatic carbocycles. The summed E-state index contributed by atoms with van der Waals surface area (Å²) in [4.78, 5) is 16.2. The molecule has 1 saturated heterocycles. The molecular formula is C27H46N4O3. The number of fused-ring (bicyclic) bond motifs is 1. The maximum atomic E-state index is 12.3. The van der Waals surface area contributed by atoms with Gasteiger partial charge in [0.1, 0.15) is 5.60 Å². The van der Waals surface area contributed by atoms with Gasteiger partial charge in [-0.1, -0.05) is 13.8 Å². The lowest BCUT2D eigenvalue weighted by molar-refractivity contribution is -0.0294. The first-order valence-electron chi connectivity index (χ1n) is 13.2. The largest absolute Gasteiger partial charge is 0.444 e. The van der Waals surface area contributed by atoms with Gasteiger partial charge in [-0.25, -0.2) is 4.79 Å². The van der Waals surface area contributed by atoms with Gasteiger partial charge in [0, 0.05) is 44.5 Å². The van der Waals surface area contributed by atoms with Crippen LogP contribution in [0.4, 0.5) is 4.79 Å². The predicted molar refractivity (Wildman–Crippen MR) is 134 cm³/mol. The highest BCUT2D eigenvalue weighted by atomic mass is 16.6. The molecule has 7 nitrogen and oxygen atoms in total. The van der Waals surface area contributed by atoms with Crippen molar-refractivity contribution < 1.29 is 14.3 Å². The Hall–Kier alpha value is -1.60. The summed E-state index contributed by atoms with van der Waals surface area (Å²) < 4.78 is 14.1. The summed E-state index contributed by atoms with van der Waals surface area (Å²) in [7, 11) is 3.93. The molecule has 0 atom stereocenters. The molecule has 0 N–H and O–H groups in total. The third-order valence-corrected chi connectivity index (χ3v) is 7.78. The minimum Gasteiger partial charge on any atom is -0.444 e. The second-order valence-corrected chi connectivity index (χ2v) is 12.9. The van der Waals surface area contributed by atoms with Crippen LogP contribution in [-0.2, 0) is 29.0 Å². The van der Waals surface area contributed by atoms with Crippen molar-refractivity contribution in [3.63, 3.8) is 0 Å². The second-order valence-electron chi connectivity index (χ2n) is 12.9. The van der Waals surface area contributed by atoms with Crippen LogP contribution in [0.25, 0.3) is 0 Å². The molecule has 7 heteroatoms. The number of carbonyl (C=O) groups is 1. The molecule has 0 radical (unpaired) electrons. The molecule has 3 aliphatic rings. The first-order chi connectivity index (χ1) is 15.9. The van der Waals surface area contributed by atoms with Gasteiger partial charge in [0.05, 0.1) is 17.9 Å². The number of nitrogens with zero attached hydrogens (tertiary/aromatic N) is 4. The minimum absolute atomic E-state index is 0.111. The fourth-order valence-corrected chi connectivity index (χ4v) is 6.16. The first-order valence-corrected chi connectivity index (χ1v) is 13.2. The molecule has 3 heterocycles. The van der Waals surface area contributed by atoms with Crippen LogP contribution in [0.2, 0.25) is 0 Å². The number of likely N-dealkylation sites (N-methyl/N-ethyl adjacent to an activating group) is 2. The van der Waals surface area contributed by atoms with E-state index in [-0.39, 0.29) is 11.7 Å². The highest BCUT2D eigenvalue weighted by Crippen LogP contribution is 2.50. The predicted octanol–water partition coefficient (Wildman–Crippen LogP) is 4.97. The van der Waals surface area contributed by atoms with Gasteiger partial charge in [0.15, 0.2) is 0 Å². The van der Waals surface area contributed by atoms with E-state index in [1.54, 1.807) is 4.90 Å². The Morgan fingerprint density at radius 1 is 1.21 bits per heavy atom.